The van der Waals surface area contributed by atoms with E-state index in [0.29, 0.717) is 54.1 Å². The highest BCUT2D eigenvalue weighted by Gasteiger charge is 2.43. The second-order valence-corrected chi connectivity index (χ2v) is 10.8. The highest BCUT2D eigenvalue weighted by Crippen LogP contribution is 2.48. The van der Waals surface area contributed by atoms with Crippen LogP contribution in [0.2, 0.25) is 0 Å². The van der Waals surface area contributed by atoms with Gasteiger partial charge in [-0.3, -0.25) is 9.59 Å². The van der Waals surface area contributed by atoms with Gasteiger partial charge in [0.25, 0.3) is 0 Å². The molecule has 2 aromatic carbocycles. The van der Waals surface area contributed by atoms with E-state index in [9.17, 15) is 14.4 Å². The molecule has 3 aliphatic rings. The summed E-state index contributed by atoms with van der Waals surface area (Å²) in [6.45, 7) is 5.47. The zero-order valence-corrected chi connectivity index (χ0v) is 25.0. The molecule has 2 amide bonds. The Morgan fingerprint density at radius 1 is 0.952 bits per heavy atom. The van der Waals surface area contributed by atoms with Crippen LogP contribution in [0.25, 0.3) is 5.70 Å². The van der Waals surface area contributed by atoms with Gasteiger partial charge in [0.15, 0.2) is 5.17 Å². The fraction of sp³-hybridized carbons (Fsp3) is 0.355. The molecule has 2 aromatic rings. The molecule has 1 fully saturated rings. The van der Waals surface area contributed by atoms with Crippen LogP contribution >= 0.6 is 11.8 Å². The molecule has 1 atom stereocenters. The molecule has 1 saturated heterocycles. The maximum Gasteiger partial charge on any atom is 0.338 e. The second-order valence-electron chi connectivity index (χ2n) is 9.95. The number of amides is 2. The van der Waals surface area contributed by atoms with Crippen LogP contribution < -0.4 is 9.47 Å². The normalized spacial score (nSPS) is 18.3. The van der Waals surface area contributed by atoms with Gasteiger partial charge in [0.05, 0.1) is 44.6 Å². The summed E-state index contributed by atoms with van der Waals surface area (Å²) in [5, 5.41) is 2.57. The topological polar surface area (TPSA) is 101 Å². The molecule has 0 saturated carbocycles. The zero-order chi connectivity index (χ0) is 29.8. The fourth-order valence-corrected chi connectivity index (χ4v) is 6.25. The first-order valence-electron chi connectivity index (χ1n) is 13.8. The quantitative estimate of drug-likeness (QED) is 0.425. The smallest absolute Gasteiger partial charge is 0.338 e. The summed E-state index contributed by atoms with van der Waals surface area (Å²) < 4.78 is 16.8. The lowest BCUT2D eigenvalue weighted by Gasteiger charge is -2.38. The number of hydrogen-bond donors (Lipinski definition) is 0. The van der Waals surface area contributed by atoms with Gasteiger partial charge in [0.1, 0.15) is 11.5 Å². The van der Waals surface area contributed by atoms with E-state index in [0.717, 1.165) is 16.8 Å². The highest BCUT2D eigenvalue weighted by atomic mass is 32.2. The molecule has 0 bridgehead atoms. The number of carbonyl (C=O) groups excluding carboxylic acids is 3. The number of piperazine rings is 1. The Hall–Kier alpha value is -4.25. The van der Waals surface area contributed by atoms with Gasteiger partial charge in [0.2, 0.25) is 11.8 Å². The van der Waals surface area contributed by atoms with Crippen LogP contribution in [0.1, 0.15) is 37.4 Å². The number of thioether (sulfide) groups is 1. The lowest BCUT2D eigenvalue weighted by Crippen LogP contribution is -2.50. The maximum absolute atomic E-state index is 13.8. The lowest BCUT2D eigenvalue weighted by atomic mass is 9.91. The largest absolute Gasteiger partial charge is 0.497 e. The molecule has 5 rings (SSSR count). The minimum Gasteiger partial charge on any atom is -0.497 e. The number of amidine groups is 1. The van der Waals surface area contributed by atoms with Gasteiger partial charge in [0, 0.05) is 50.4 Å². The monoisotopic (exact) mass is 590 g/mol. The number of fused-ring (bicyclic) bond motifs is 1. The van der Waals surface area contributed by atoms with Gasteiger partial charge < -0.3 is 28.9 Å². The minimum absolute atomic E-state index is 0.00947. The molecule has 11 heteroatoms. The van der Waals surface area contributed by atoms with Gasteiger partial charge in [-0.25, -0.2) is 9.79 Å². The number of benzene rings is 2. The predicted molar refractivity (Wildman–Crippen MR) is 161 cm³/mol. The molecule has 0 aromatic heterocycles. The van der Waals surface area contributed by atoms with Crippen molar-refractivity contribution >= 4 is 40.4 Å². The number of nitrogens with zero attached hydrogens (tertiary/aromatic N) is 4. The van der Waals surface area contributed by atoms with E-state index in [2.05, 4.69) is 0 Å². The summed E-state index contributed by atoms with van der Waals surface area (Å²) in [7, 11) is 3.15. The fourth-order valence-electron chi connectivity index (χ4n) is 5.33. The summed E-state index contributed by atoms with van der Waals surface area (Å²) in [5.41, 5.74) is 3.10. The third-order valence-electron chi connectivity index (χ3n) is 7.45. The lowest BCUT2D eigenvalue weighted by molar-refractivity contribution is -0.139. The molecule has 10 nitrogen and oxygen atoms in total. The van der Waals surface area contributed by atoms with Gasteiger partial charge >= 0.3 is 5.97 Å². The average Bonchev–Trinajstić information content (AvgIpc) is 3.42. The van der Waals surface area contributed by atoms with Crippen molar-refractivity contribution in [2.24, 2.45) is 4.99 Å². The molecule has 42 heavy (non-hydrogen) atoms. The highest BCUT2D eigenvalue weighted by molar-refractivity contribution is 8.16. The van der Waals surface area contributed by atoms with Gasteiger partial charge in [-0.1, -0.05) is 42.1 Å². The van der Waals surface area contributed by atoms with E-state index in [-0.39, 0.29) is 24.8 Å². The molecule has 0 N–H and O–H groups in total. The number of carbonyl (C=O) groups is 3. The molecular weight excluding hydrogens is 556 g/mol. The van der Waals surface area contributed by atoms with Crippen molar-refractivity contribution < 1.29 is 28.6 Å². The Kier molecular flexibility index (Phi) is 8.86. The van der Waals surface area contributed by atoms with E-state index >= 15 is 0 Å². The zero-order valence-electron chi connectivity index (χ0n) is 24.2. The molecule has 0 aliphatic carbocycles. The number of rotatable bonds is 8. The van der Waals surface area contributed by atoms with Crippen molar-refractivity contribution in [2.45, 2.75) is 26.3 Å². The van der Waals surface area contributed by atoms with Crippen LogP contribution in [0.5, 0.6) is 11.5 Å². The van der Waals surface area contributed by atoms with Crippen molar-refractivity contribution in [1.82, 2.24) is 14.7 Å². The Labute approximate surface area is 249 Å². The number of aliphatic imine (C=N–C) groups is 1. The molecule has 0 unspecified atom stereocenters. The van der Waals surface area contributed by atoms with Crippen LogP contribution in [-0.2, 0) is 19.1 Å². The molecule has 0 radical (unpaired) electrons. The number of ether oxygens (including phenoxy) is 3. The Morgan fingerprint density at radius 3 is 2.19 bits per heavy atom. The van der Waals surface area contributed by atoms with Gasteiger partial charge in [-0.2, -0.15) is 0 Å². The Balaban J connectivity index is 1.58. The van der Waals surface area contributed by atoms with E-state index in [1.807, 2.05) is 52.8 Å². The van der Waals surface area contributed by atoms with E-state index in [4.69, 9.17) is 19.2 Å². The van der Waals surface area contributed by atoms with E-state index in [1.54, 1.807) is 43.9 Å². The molecule has 220 valence electrons. The average molecular weight is 591 g/mol. The minimum atomic E-state index is -0.667. The van der Waals surface area contributed by atoms with Crippen molar-refractivity contribution in [1.29, 1.82) is 0 Å². The third kappa shape index (κ3) is 5.87. The van der Waals surface area contributed by atoms with Crippen LogP contribution in [0, 0.1) is 0 Å². The van der Waals surface area contributed by atoms with Crippen molar-refractivity contribution in [2.75, 3.05) is 47.0 Å². The Bertz CT molecular complexity index is 1440. The van der Waals surface area contributed by atoms with Crippen molar-refractivity contribution in [3.8, 4) is 11.5 Å². The predicted octanol–water partition coefficient (Wildman–Crippen LogP) is 4.06. The molecule has 3 heterocycles. The number of methoxy groups -OCH3 is 2. The first-order chi connectivity index (χ1) is 20.3. The summed E-state index contributed by atoms with van der Waals surface area (Å²) in [5.74, 6) is 0.595. The van der Waals surface area contributed by atoms with E-state index < -0.39 is 12.0 Å². The maximum atomic E-state index is 13.8. The summed E-state index contributed by atoms with van der Waals surface area (Å²) >= 11 is 1.41. The van der Waals surface area contributed by atoms with Crippen LogP contribution in [0.15, 0.2) is 70.2 Å². The van der Waals surface area contributed by atoms with Gasteiger partial charge in [-0.05, 0) is 30.0 Å². The van der Waals surface area contributed by atoms with Crippen molar-refractivity contribution in [3.63, 3.8) is 0 Å². The summed E-state index contributed by atoms with van der Waals surface area (Å²) in [4.78, 5) is 49.5. The first-order valence-corrected chi connectivity index (χ1v) is 14.7. The van der Waals surface area contributed by atoms with Crippen LogP contribution in [0.3, 0.4) is 0 Å². The third-order valence-corrected chi connectivity index (χ3v) is 8.34. The SMILES string of the molecule is CCOC(=O)C1=C(c2ccccc2)N=C2SC=C(CC(=O)N3CCN(C(C)=O)CC3)N2[C@H]1c1cc(OC)cc(OC)c1. The first kappa shape index (κ1) is 29.2. The molecular formula is C31H34N4O6S. The Morgan fingerprint density at radius 2 is 1.60 bits per heavy atom. The molecule has 0 spiro atoms. The number of hydrogen-bond acceptors (Lipinski definition) is 9. The van der Waals surface area contributed by atoms with Crippen molar-refractivity contribution in [3.05, 3.63) is 76.3 Å². The summed E-state index contributed by atoms with van der Waals surface area (Å²) in [6.07, 6.45) is 0.112. The summed E-state index contributed by atoms with van der Waals surface area (Å²) in [6, 6.07) is 14.4. The van der Waals surface area contributed by atoms with Crippen LogP contribution in [0.4, 0.5) is 0 Å². The standard InChI is InChI=1S/C31H34N4O6S/c1-5-41-30(38)27-28(21-9-7-6-8-10-21)32-31-35(29(27)22-15-24(39-3)18-25(16-22)40-4)23(19-42-31)17-26(37)34-13-11-33(12-14-34)20(2)36/h6-10,15-16,18-19,29H,5,11-14,17H2,1-4H3/t29-/m0/s1. The van der Waals surface area contributed by atoms with Crippen LogP contribution in [-0.4, -0.2) is 84.7 Å². The number of esters is 1. The van der Waals surface area contributed by atoms with Gasteiger partial charge in [-0.15, -0.1) is 0 Å². The molecule has 3 aliphatic heterocycles. The second kappa shape index (κ2) is 12.7. The van der Waals surface area contributed by atoms with E-state index in [1.165, 1.54) is 11.8 Å².